The fourth-order valence-corrected chi connectivity index (χ4v) is 4.64. The molecule has 2 aromatic carbocycles. The molecule has 0 radical (unpaired) electrons. The van der Waals surface area contributed by atoms with E-state index in [2.05, 4.69) is 4.72 Å². The Bertz CT molecular complexity index is 936. The minimum atomic E-state index is -3.73. The Kier molecular flexibility index (Phi) is 4.53. The highest BCUT2D eigenvalue weighted by Crippen LogP contribution is 2.33. The molecule has 1 atom stereocenters. The molecule has 0 spiro atoms. The van der Waals surface area contributed by atoms with E-state index in [0.29, 0.717) is 24.2 Å². The minimum Gasteiger partial charge on any atom is -0.497 e. The maximum Gasteiger partial charge on any atom is 0.335 e. The fourth-order valence-electron chi connectivity index (χ4n) is 3.16. The molecule has 3 rings (SSSR count). The summed E-state index contributed by atoms with van der Waals surface area (Å²) in [5.41, 5.74) is 2.45. The molecule has 6 nitrogen and oxygen atoms in total. The summed E-state index contributed by atoms with van der Waals surface area (Å²) in [7, 11) is -2.20. The van der Waals surface area contributed by atoms with Gasteiger partial charge in [-0.25, -0.2) is 17.9 Å². The molecule has 1 aliphatic rings. The van der Waals surface area contributed by atoms with E-state index in [1.807, 2.05) is 0 Å². The highest BCUT2D eigenvalue weighted by atomic mass is 32.2. The van der Waals surface area contributed by atoms with E-state index in [-0.39, 0.29) is 10.5 Å². The number of ether oxygens (including phenoxy) is 1. The molecule has 0 saturated carbocycles. The van der Waals surface area contributed by atoms with Crippen molar-refractivity contribution < 1.29 is 23.1 Å². The predicted octanol–water partition coefficient (Wildman–Crippen LogP) is 2.67. The number of benzene rings is 2. The third-order valence-electron chi connectivity index (χ3n) is 4.44. The minimum absolute atomic E-state index is 0.158. The number of sulfonamides is 1. The fraction of sp³-hybridized carbons (Fsp3) is 0.278. The molecule has 0 bridgehead atoms. The standard InChI is InChI=1S/C18H19NO5S/c1-11-9-14(24-2)6-8-17(11)25(22,23)19-16-7-5-12-3-4-13(18(20)21)10-15(12)16/h3-4,6,8-10,16,19H,5,7H2,1-2H3,(H,20,21). The molecule has 0 heterocycles. The van der Waals surface area contributed by atoms with Crippen LogP contribution in [0.5, 0.6) is 5.75 Å². The highest BCUT2D eigenvalue weighted by molar-refractivity contribution is 7.89. The molecule has 0 aromatic heterocycles. The zero-order chi connectivity index (χ0) is 18.2. The van der Waals surface area contributed by atoms with Crippen molar-refractivity contribution in [1.82, 2.24) is 4.72 Å². The van der Waals surface area contributed by atoms with Crippen molar-refractivity contribution in [2.45, 2.75) is 30.7 Å². The summed E-state index contributed by atoms with van der Waals surface area (Å²) < 4.78 is 33.4. The van der Waals surface area contributed by atoms with Crippen molar-refractivity contribution >= 4 is 16.0 Å². The van der Waals surface area contributed by atoms with Gasteiger partial charge in [0.1, 0.15) is 5.75 Å². The lowest BCUT2D eigenvalue weighted by atomic mass is 10.0. The Morgan fingerprint density at radius 2 is 2.00 bits per heavy atom. The van der Waals surface area contributed by atoms with E-state index in [1.54, 1.807) is 37.3 Å². The largest absolute Gasteiger partial charge is 0.497 e. The van der Waals surface area contributed by atoms with Crippen LogP contribution in [0.25, 0.3) is 0 Å². The van der Waals surface area contributed by atoms with Gasteiger partial charge in [0.05, 0.1) is 17.6 Å². The number of nitrogens with one attached hydrogen (secondary N) is 1. The van der Waals surface area contributed by atoms with Crippen LogP contribution in [-0.4, -0.2) is 26.6 Å². The first-order chi connectivity index (χ1) is 11.8. The number of fused-ring (bicyclic) bond motifs is 1. The third-order valence-corrected chi connectivity index (χ3v) is 6.07. The number of rotatable bonds is 5. The van der Waals surface area contributed by atoms with Gasteiger partial charge in [0.2, 0.25) is 10.0 Å². The number of aryl methyl sites for hydroxylation is 2. The Balaban J connectivity index is 1.91. The van der Waals surface area contributed by atoms with Crippen molar-refractivity contribution in [1.29, 1.82) is 0 Å². The van der Waals surface area contributed by atoms with Crippen LogP contribution in [0.2, 0.25) is 0 Å². The number of carboxylic acid groups (broad SMARTS) is 1. The quantitative estimate of drug-likeness (QED) is 0.854. The van der Waals surface area contributed by atoms with Gasteiger partial charge in [-0.2, -0.15) is 0 Å². The van der Waals surface area contributed by atoms with Crippen LogP contribution in [0.4, 0.5) is 0 Å². The monoisotopic (exact) mass is 361 g/mol. The molecule has 2 N–H and O–H groups in total. The molecule has 0 aliphatic heterocycles. The van der Waals surface area contributed by atoms with Crippen molar-refractivity contribution in [3.63, 3.8) is 0 Å². The van der Waals surface area contributed by atoms with E-state index < -0.39 is 22.0 Å². The van der Waals surface area contributed by atoms with Crippen LogP contribution < -0.4 is 9.46 Å². The second-order valence-corrected chi connectivity index (χ2v) is 7.75. The number of carbonyl (C=O) groups is 1. The van der Waals surface area contributed by atoms with Crippen LogP contribution in [0.1, 0.15) is 39.5 Å². The Labute approximate surface area is 146 Å². The summed E-state index contributed by atoms with van der Waals surface area (Å²) >= 11 is 0. The van der Waals surface area contributed by atoms with Crippen LogP contribution >= 0.6 is 0 Å². The van der Waals surface area contributed by atoms with Gasteiger partial charge in [0.15, 0.2) is 0 Å². The topological polar surface area (TPSA) is 92.7 Å². The van der Waals surface area contributed by atoms with Gasteiger partial charge in [-0.3, -0.25) is 0 Å². The third kappa shape index (κ3) is 3.38. The molecule has 0 amide bonds. The van der Waals surface area contributed by atoms with Gasteiger partial charge in [0, 0.05) is 6.04 Å². The second kappa shape index (κ2) is 6.50. The number of hydrogen-bond acceptors (Lipinski definition) is 4. The van der Waals surface area contributed by atoms with E-state index in [1.165, 1.54) is 13.2 Å². The smallest absolute Gasteiger partial charge is 0.335 e. The Morgan fingerprint density at radius 1 is 1.24 bits per heavy atom. The molecular formula is C18H19NO5S. The van der Waals surface area contributed by atoms with Crippen molar-refractivity contribution in [3.05, 3.63) is 58.7 Å². The summed E-state index contributed by atoms with van der Waals surface area (Å²) in [6.07, 6.45) is 1.32. The van der Waals surface area contributed by atoms with Gasteiger partial charge >= 0.3 is 5.97 Å². The predicted molar refractivity (Wildman–Crippen MR) is 92.5 cm³/mol. The van der Waals surface area contributed by atoms with E-state index in [0.717, 1.165) is 11.1 Å². The summed E-state index contributed by atoms with van der Waals surface area (Å²) in [6.45, 7) is 1.71. The number of hydrogen-bond donors (Lipinski definition) is 2. The van der Waals surface area contributed by atoms with E-state index >= 15 is 0 Å². The Morgan fingerprint density at radius 3 is 2.64 bits per heavy atom. The molecule has 1 unspecified atom stereocenters. The first-order valence-electron chi connectivity index (χ1n) is 7.85. The zero-order valence-electron chi connectivity index (χ0n) is 13.9. The number of methoxy groups -OCH3 is 1. The molecule has 7 heteroatoms. The maximum atomic E-state index is 12.8. The molecule has 132 valence electrons. The van der Waals surface area contributed by atoms with Crippen LogP contribution in [-0.2, 0) is 16.4 Å². The lowest BCUT2D eigenvalue weighted by molar-refractivity contribution is 0.0696. The normalized spacial score (nSPS) is 16.5. The van der Waals surface area contributed by atoms with Gasteiger partial charge < -0.3 is 9.84 Å². The van der Waals surface area contributed by atoms with E-state index in [4.69, 9.17) is 9.84 Å². The van der Waals surface area contributed by atoms with Crippen molar-refractivity contribution in [2.75, 3.05) is 7.11 Å². The maximum absolute atomic E-state index is 12.8. The van der Waals surface area contributed by atoms with Crippen LogP contribution in [0.3, 0.4) is 0 Å². The average molecular weight is 361 g/mol. The first kappa shape index (κ1) is 17.4. The summed E-state index contributed by atoms with van der Waals surface area (Å²) in [5, 5.41) is 9.15. The summed E-state index contributed by atoms with van der Waals surface area (Å²) in [6, 6.07) is 9.21. The van der Waals surface area contributed by atoms with Crippen LogP contribution in [0.15, 0.2) is 41.3 Å². The molecule has 25 heavy (non-hydrogen) atoms. The summed E-state index contributed by atoms with van der Waals surface area (Å²) in [4.78, 5) is 11.4. The lowest BCUT2D eigenvalue weighted by Crippen LogP contribution is -2.28. The molecular weight excluding hydrogens is 342 g/mol. The molecule has 1 aliphatic carbocycles. The van der Waals surface area contributed by atoms with Crippen molar-refractivity contribution in [2.24, 2.45) is 0 Å². The summed E-state index contributed by atoms with van der Waals surface area (Å²) in [5.74, 6) is -0.434. The SMILES string of the molecule is COc1ccc(S(=O)(=O)NC2CCc3ccc(C(=O)O)cc32)c(C)c1. The van der Waals surface area contributed by atoms with Gasteiger partial charge in [-0.05, 0) is 66.8 Å². The van der Waals surface area contributed by atoms with Gasteiger partial charge in [0.25, 0.3) is 0 Å². The van der Waals surface area contributed by atoms with E-state index in [9.17, 15) is 13.2 Å². The van der Waals surface area contributed by atoms with Gasteiger partial charge in [-0.1, -0.05) is 6.07 Å². The zero-order valence-corrected chi connectivity index (χ0v) is 14.8. The first-order valence-corrected chi connectivity index (χ1v) is 9.33. The molecule has 2 aromatic rings. The van der Waals surface area contributed by atoms with Crippen LogP contribution in [0, 0.1) is 6.92 Å². The second-order valence-electron chi connectivity index (χ2n) is 6.06. The molecule has 0 saturated heterocycles. The highest BCUT2D eigenvalue weighted by Gasteiger charge is 2.29. The lowest BCUT2D eigenvalue weighted by Gasteiger charge is -2.16. The van der Waals surface area contributed by atoms with Crippen molar-refractivity contribution in [3.8, 4) is 5.75 Å². The Hall–Kier alpha value is -2.38. The van der Waals surface area contributed by atoms with Gasteiger partial charge in [-0.15, -0.1) is 0 Å². The number of aromatic carboxylic acids is 1. The molecule has 0 fully saturated rings. The average Bonchev–Trinajstić information content (AvgIpc) is 2.96. The number of carboxylic acids is 1.